The smallest absolute Gasteiger partial charge is 0.312 e. The molecule has 0 saturated carbocycles. The van der Waals surface area contributed by atoms with Gasteiger partial charge in [-0.3, -0.25) is 14.9 Å². The highest BCUT2D eigenvalue weighted by Gasteiger charge is 2.48. The van der Waals surface area contributed by atoms with E-state index in [1.54, 1.807) is 12.1 Å². The van der Waals surface area contributed by atoms with Crippen LogP contribution >= 0.6 is 0 Å². The number of para-hydroxylation sites is 1. The van der Waals surface area contributed by atoms with Crippen LogP contribution in [-0.2, 0) is 9.53 Å². The number of rotatable bonds is 4. The van der Waals surface area contributed by atoms with E-state index < -0.39 is 28.4 Å². The van der Waals surface area contributed by atoms with Crippen LogP contribution in [0.5, 0.6) is 0 Å². The summed E-state index contributed by atoms with van der Waals surface area (Å²) in [5.41, 5.74) is -2.04. The van der Waals surface area contributed by atoms with E-state index in [2.05, 4.69) is 4.74 Å². The summed E-state index contributed by atoms with van der Waals surface area (Å²) in [6.45, 7) is 1.41. The van der Waals surface area contributed by atoms with Crippen molar-refractivity contribution in [1.82, 2.24) is 0 Å². The maximum Gasteiger partial charge on any atom is 0.312 e. The summed E-state index contributed by atoms with van der Waals surface area (Å²) in [6, 6.07) is 5.96. The third-order valence-corrected chi connectivity index (χ3v) is 3.93. The number of carbonyl (C=O) groups is 1. The van der Waals surface area contributed by atoms with E-state index >= 15 is 4.39 Å². The monoisotopic (exact) mass is 305 g/mol. The van der Waals surface area contributed by atoms with Gasteiger partial charge in [-0.1, -0.05) is 36.4 Å². The highest BCUT2D eigenvalue weighted by Crippen LogP contribution is 2.45. The van der Waals surface area contributed by atoms with E-state index in [0.29, 0.717) is 0 Å². The molecular formula is C16H16FNO4. The van der Waals surface area contributed by atoms with Crippen molar-refractivity contribution in [2.24, 2.45) is 5.92 Å². The Labute approximate surface area is 127 Å². The molecule has 116 valence electrons. The maximum absolute atomic E-state index is 15.5. The minimum Gasteiger partial charge on any atom is -0.469 e. The fraction of sp³-hybridized carbons (Fsp3) is 0.312. The van der Waals surface area contributed by atoms with Crippen LogP contribution in [0.1, 0.15) is 18.4 Å². The second kappa shape index (κ2) is 6.09. The van der Waals surface area contributed by atoms with Gasteiger partial charge in [0, 0.05) is 17.5 Å². The zero-order valence-electron chi connectivity index (χ0n) is 12.2. The lowest BCUT2D eigenvalue weighted by Gasteiger charge is -2.34. The van der Waals surface area contributed by atoms with Crippen LogP contribution in [0, 0.1) is 16.0 Å². The number of halogens is 1. The highest BCUT2D eigenvalue weighted by atomic mass is 19.1. The Bertz CT molecular complexity index is 655. The zero-order valence-corrected chi connectivity index (χ0v) is 12.2. The van der Waals surface area contributed by atoms with E-state index in [4.69, 9.17) is 0 Å². The lowest BCUT2D eigenvalue weighted by molar-refractivity contribution is -0.385. The minimum absolute atomic E-state index is 0.174. The molecule has 0 aromatic heterocycles. The molecule has 1 aliphatic rings. The number of methoxy groups -OCH3 is 1. The topological polar surface area (TPSA) is 69.4 Å². The molecule has 0 fully saturated rings. The van der Waals surface area contributed by atoms with Crippen molar-refractivity contribution < 1.29 is 18.8 Å². The Morgan fingerprint density at radius 2 is 2.09 bits per heavy atom. The minimum atomic E-state index is -2.09. The Morgan fingerprint density at radius 3 is 2.73 bits per heavy atom. The van der Waals surface area contributed by atoms with E-state index in [0.717, 1.165) is 0 Å². The molecule has 2 rings (SSSR count). The van der Waals surface area contributed by atoms with Crippen LogP contribution in [0.25, 0.3) is 0 Å². The summed E-state index contributed by atoms with van der Waals surface area (Å²) in [6.07, 6.45) is 5.89. The molecule has 0 amide bonds. The third-order valence-electron chi connectivity index (χ3n) is 3.93. The van der Waals surface area contributed by atoms with Crippen molar-refractivity contribution >= 4 is 11.7 Å². The second-order valence-corrected chi connectivity index (χ2v) is 5.11. The molecule has 1 aromatic rings. The maximum atomic E-state index is 15.5. The van der Waals surface area contributed by atoms with Crippen molar-refractivity contribution in [1.29, 1.82) is 0 Å². The Hall–Kier alpha value is -2.50. The lowest BCUT2D eigenvalue weighted by atomic mass is 9.73. The van der Waals surface area contributed by atoms with Crippen LogP contribution in [0.15, 0.2) is 48.6 Å². The number of hydrogen-bond acceptors (Lipinski definition) is 4. The van der Waals surface area contributed by atoms with Gasteiger partial charge in [0.1, 0.15) is 0 Å². The van der Waals surface area contributed by atoms with Gasteiger partial charge in [-0.05, 0) is 13.0 Å². The highest BCUT2D eigenvalue weighted by molar-refractivity contribution is 5.74. The SMILES string of the molecule is COC(=O)C(C)C1(F)C=CC=CC1c1ccccc1[N+](=O)[O-]. The number of hydrogen-bond donors (Lipinski definition) is 0. The van der Waals surface area contributed by atoms with E-state index in [1.165, 1.54) is 50.5 Å². The van der Waals surface area contributed by atoms with Gasteiger partial charge in [0.2, 0.25) is 0 Å². The van der Waals surface area contributed by atoms with Crippen molar-refractivity contribution in [2.75, 3.05) is 7.11 Å². The second-order valence-electron chi connectivity index (χ2n) is 5.11. The van der Waals surface area contributed by atoms with Crippen molar-refractivity contribution in [3.8, 4) is 0 Å². The molecule has 5 nitrogen and oxygen atoms in total. The van der Waals surface area contributed by atoms with Crippen LogP contribution < -0.4 is 0 Å². The third kappa shape index (κ3) is 2.64. The number of nitro groups is 1. The molecular weight excluding hydrogens is 289 g/mol. The summed E-state index contributed by atoms with van der Waals surface area (Å²) in [5.74, 6) is -2.73. The van der Waals surface area contributed by atoms with E-state index in [1.807, 2.05) is 0 Å². The zero-order chi connectivity index (χ0) is 16.3. The molecule has 0 radical (unpaired) electrons. The molecule has 1 aromatic carbocycles. The van der Waals surface area contributed by atoms with Gasteiger partial charge in [0.05, 0.1) is 18.0 Å². The number of alkyl halides is 1. The first-order chi connectivity index (χ1) is 10.4. The Morgan fingerprint density at radius 1 is 1.41 bits per heavy atom. The molecule has 6 heteroatoms. The molecule has 0 spiro atoms. The standard InChI is InChI=1S/C16H16FNO4/c1-11(15(19)22-2)16(17)10-6-5-8-13(16)12-7-3-4-9-14(12)18(20)21/h3-11,13H,1-2H3. The molecule has 1 aliphatic carbocycles. The fourth-order valence-corrected chi connectivity index (χ4v) is 2.66. The molecule has 0 bridgehead atoms. The van der Waals surface area contributed by atoms with Crippen molar-refractivity contribution in [3.63, 3.8) is 0 Å². The normalized spacial score (nSPS) is 24.8. The quantitative estimate of drug-likeness (QED) is 0.486. The van der Waals surface area contributed by atoms with Crippen LogP contribution in [0.3, 0.4) is 0 Å². The molecule has 22 heavy (non-hydrogen) atoms. The Balaban J connectivity index is 2.53. The number of benzene rings is 1. The van der Waals surface area contributed by atoms with Crippen LogP contribution in [0.4, 0.5) is 10.1 Å². The summed E-state index contributed by atoms with van der Waals surface area (Å²) in [7, 11) is 1.19. The molecule has 0 aliphatic heterocycles. The molecule has 0 heterocycles. The van der Waals surface area contributed by atoms with Gasteiger partial charge in [-0.25, -0.2) is 4.39 Å². The molecule has 3 unspecified atom stereocenters. The van der Waals surface area contributed by atoms with Crippen LogP contribution in [0.2, 0.25) is 0 Å². The first-order valence-corrected chi connectivity index (χ1v) is 6.78. The van der Waals surface area contributed by atoms with Gasteiger partial charge in [0.15, 0.2) is 5.67 Å². The van der Waals surface area contributed by atoms with Gasteiger partial charge in [-0.2, -0.15) is 0 Å². The van der Waals surface area contributed by atoms with Crippen molar-refractivity contribution in [2.45, 2.75) is 18.5 Å². The van der Waals surface area contributed by atoms with E-state index in [9.17, 15) is 14.9 Å². The van der Waals surface area contributed by atoms with Crippen LogP contribution in [-0.4, -0.2) is 23.7 Å². The summed E-state index contributed by atoms with van der Waals surface area (Å²) in [5, 5.41) is 11.2. The molecule has 3 atom stereocenters. The average Bonchev–Trinajstić information content (AvgIpc) is 2.53. The number of nitro benzene ring substituents is 1. The summed E-state index contributed by atoms with van der Waals surface area (Å²) >= 11 is 0. The van der Waals surface area contributed by atoms with Gasteiger partial charge in [-0.15, -0.1) is 0 Å². The predicted molar refractivity (Wildman–Crippen MR) is 79.1 cm³/mol. The van der Waals surface area contributed by atoms with E-state index in [-0.39, 0.29) is 11.3 Å². The fourth-order valence-electron chi connectivity index (χ4n) is 2.66. The number of ether oxygens (including phenoxy) is 1. The first kappa shape index (κ1) is 15.9. The number of carbonyl (C=O) groups excluding carboxylic acids is 1. The predicted octanol–water partition coefficient (Wildman–Crippen LogP) is 3.32. The molecule has 0 saturated heterocycles. The Kier molecular flexibility index (Phi) is 4.40. The number of esters is 1. The van der Waals surface area contributed by atoms with Gasteiger partial charge >= 0.3 is 5.97 Å². The summed E-state index contributed by atoms with van der Waals surface area (Å²) < 4.78 is 20.2. The summed E-state index contributed by atoms with van der Waals surface area (Å²) in [4.78, 5) is 22.4. The lowest BCUT2D eigenvalue weighted by Crippen LogP contribution is -2.41. The first-order valence-electron chi connectivity index (χ1n) is 6.78. The largest absolute Gasteiger partial charge is 0.469 e. The average molecular weight is 305 g/mol. The van der Waals surface area contributed by atoms with Gasteiger partial charge in [0.25, 0.3) is 5.69 Å². The molecule has 0 N–H and O–H groups in total. The van der Waals surface area contributed by atoms with Crippen molar-refractivity contribution in [3.05, 3.63) is 64.2 Å². The number of nitrogens with zero attached hydrogens (tertiary/aromatic N) is 1. The van der Waals surface area contributed by atoms with Gasteiger partial charge < -0.3 is 4.74 Å². The number of allylic oxidation sites excluding steroid dienone is 4.